The van der Waals surface area contributed by atoms with Gasteiger partial charge in [-0.05, 0) is 32.1 Å². The van der Waals surface area contributed by atoms with Crippen molar-refractivity contribution in [2.75, 3.05) is 19.6 Å². The summed E-state index contributed by atoms with van der Waals surface area (Å²) in [6, 6.07) is 0. The number of hydrogen-bond donors (Lipinski definition) is 1. The van der Waals surface area contributed by atoms with Gasteiger partial charge in [0.05, 0.1) is 17.9 Å². The quantitative estimate of drug-likeness (QED) is 0.839. The third-order valence-electron chi connectivity index (χ3n) is 4.89. The first-order chi connectivity index (χ1) is 11.2. The Bertz CT molecular complexity index is 575. The second kappa shape index (κ2) is 7.15. The van der Waals surface area contributed by atoms with E-state index in [9.17, 15) is 9.59 Å². The van der Waals surface area contributed by atoms with Crippen LogP contribution in [0.5, 0.6) is 0 Å². The van der Waals surface area contributed by atoms with Crippen molar-refractivity contribution in [2.24, 2.45) is 5.92 Å². The molecule has 3 heterocycles. The van der Waals surface area contributed by atoms with E-state index in [1.54, 1.807) is 6.33 Å². The Hall–Kier alpha value is -1.85. The van der Waals surface area contributed by atoms with Crippen LogP contribution in [0, 0.1) is 5.92 Å². The summed E-state index contributed by atoms with van der Waals surface area (Å²) in [5.74, 6) is 0.220. The van der Waals surface area contributed by atoms with Crippen molar-refractivity contribution in [3.05, 3.63) is 17.7 Å². The molecule has 23 heavy (non-hydrogen) atoms. The van der Waals surface area contributed by atoms with Gasteiger partial charge in [-0.2, -0.15) is 0 Å². The third-order valence-corrected chi connectivity index (χ3v) is 4.89. The largest absolute Gasteiger partial charge is 0.351 e. The lowest BCUT2D eigenvalue weighted by atomic mass is 9.95. The Morgan fingerprint density at radius 1 is 1.35 bits per heavy atom. The first kappa shape index (κ1) is 16.0. The molecule has 6 nitrogen and oxygen atoms in total. The number of nitrogens with zero attached hydrogens (tertiary/aromatic N) is 3. The van der Waals surface area contributed by atoms with E-state index >= 15 is 0 Å². The van der Waals surface area contributed by atoms with Crippen molar-refractivity contribution < 1.29 is 9.59 Å². The monoisotopic (exact) mass is 318 g/mol. The van der Waals surface area contributed by atoms with Gasteiger partial charge in [0.2, 0.25) is 5.91 Å². The second-order valence-electron chi connectivity index (χ2n) is 6.57. The van der Waals surface area contributed by atoms with Gasteiger partial charge in [-0.15, -0.1) is 0 Å². The SMILES string of the molecule is CCCCNC(=O)c1ncn2c1CCC(C(=O)N1CCCC1)C2. The maximum absolute atomic E-state index is 12.5. The van der Waals surface area contributed by atoms with E-state index in [0.717, 1.165) is 57.3 Å². The van der Waals surface area contributed by atoms with Gasteiger partial charge in [0, 0.05) is 26.2 Å². The number of aromatic nitrogens is 2. The van der Waals surface area contributed by atoms with Gasteiger partial charge >= 0.3 is 0 Å². The predicted octanol–water partition coefficient (Wildman–Crippen LogP) is 1.60. The number of carbonyl (C=O) groups is 2. The van der Waals surface area contributed by atoms with Gasteiger partial charge in [0.25, 0.3) is 5.91 Å². The average Bonchev–Trinajstić information content (AvgIpc) is 3.23. The molecule has 6 heteroatoms. The molecule has 3 rings (SSSR count). The number of carbonyl (C=O) groups excluding carboxylic acids is 2. The zero-order valence-electron chi connectivity index (χ0n) is 13.9. The summed E-state index contributed by atoms with van der Waals surface area (Å²) in [5.41, 5.74) is 1.51. The first-order valence-electron chi connectivity index (χ1n) is 8.81. The van der Waals surface area contributed by atoms with E-state index in [-0.39, 0.29) is 17.7 Å². The second-order valence-corrected chi connectivity index (χ2v) is 6.57. The van der Waals surface area contributed by atoms with Crippen molar-refractivity contribution in [3.8, 4) is 0 Å². The molecular weight excluding hydrogens is 292 g/mol. The molecule has 2 aliphatic rings. The Morgan fingerprint density at radius 2 is 2.13 bits per heavy atom. The number of hydrogen-bond acceptors (Lipinski definition) is 3. The van der Waals surface area contributed by atoms with Gasteiger partial charge in [0.1, 0.15) is 5.69 Å². The van der Waals surface area contributed by atoms with E-state index < -0.39 is 0 Å². The fourth-order valence-corrected chi connectivity index (χ4v) is 3.52. The molecule has 0 aromatic carbocycles. The number of amides is 2. The summed E-state index contributed by atoms with van der Waals surface area (Å²) < 4.78 is 2.00. The summed E-state index contributed by atoms with van der Waals surface area (Å²) in [7, 11) is 0. The molecule has 1 unspecified atom stereocenters. The van der Waals surface area contributed by atoms with E-state index in [1.807, 2.05) is 9.47 Å². The zero-order valence-corrected chi connectivity index (χ0v) is 13.9. The highest BCUT2D eigenvalue weighted by Crippen LogP contribution is 2.25. The number of likely N-dealkylation sites (tertiary alicyclic amines) is 1. The van der Waals surface area contributed by atoms with Crippen LogP contribution in [0.2, 0.25) is 0 Å². The van der Waals surface area contributed by atoms with Crippen LogP contribution in [-0.2, 0) is 17.8 Å². The molecule has 0 bridgehead atoms. The molecule has 0 spiro atoms. The Morgan fingerprint density at radius 3 is 2.87 bits per heavy atom. The van der Waals surface area contributed by atoms with Crippen molar-refractivity contribution in [2.45, 2.75) is 52.0 Å². The van der Waals surface area contributed by atoms with Crippen LogP contribution < -0.4 is 5.32 Å². The Balaban J connectivity index is 1.64. The molecule has 1 saturated heterocycles. The summed E-state index contributed by atoms with van der Waals surface area (Å²) in [5, 5.41) is 2.92. The number of rotatable bonds is 5. The van der Waals surface area contributed by atoms with Crippen LogP contribution in [-0.4, -0.2) is 45.9 Å². The topological polar surface area (TPSA) is 67.2 Å². The molecule has 1 fully saturated rings. The standard InChI is InChI=1S/C17H26N4O2/c1-2-3-8-18-16(22)15-14-7-6-13(11-21(14)12-19-15)17(23)20-9-4-5-10-20/h12-13H,2-11H2,1H3,(H,18,22). The summed E-state index contributed by atoms with van der Waals surface area (Å²) in [6.45, 7) is 5.24. The minimum Gasteiger partial charge on any atom is -0.351 e. The van der Waals surface area contributed by atoms with Crippen LogP contribution in [0.3, 0.4) is 0 Å². The van der Waals surface area contributed by atoms with Gasteiger partial charge < -0.3 is 14.8 Å². The molecule has 0 radical (unpaired) electrons. The number of unbranched alkanes of at least 4 members (excludes halogenated alkanes) is 1. The van der Waals surface area contributed by atoms with E-state index in [2.05, 4.69) is 17.2 Å². The van der Waals surface area contributed by atoms with Crippen LogP contribution in [0.1, 0.15) is 55.2 Å². The molecule has 126 valence electrons. The fraction of sp³-hybridized carbons (Fsp3) is 0.706. The first-order valence-corrected chi connectivity index (χ1v) is 8.81. The number of imidazole rings is 1. The number of fused-ring (bicyclic) bond motifs is 1. The maximum atomic E-state index is 12.5. The van der Waals surface area contributed by atoms with Crippen molar-refractivity contribution in [1.82, 2.24) is 19.8 Å². The lowest BCUT2D eigenvalue weighted by molar-refractivity contribution is -0.135. The van der Waals surface area contributed by atoms with E-state index in [1.165, 1.54) is 0 Å². The minimum absolute atomic E-state index is 0.0332. The van der Waals surface area contributed by atoms with Crippen LogP contribution >= 0.6 is 0 Å². The predicted molar refractivity (Wildman–Crippen MR) is 87.1 cm³/mol. The van der Waals surface area contributed by atoms with Gasteiger partial charge in [-0.3, -0.25) is 9.59 Å². The molecule has 0 aliphatic carbocycles. The zero-order chi connectivity index (χ0) is 16.2. The van der Waals surface area contributed by atoms with E-state index in [4.69, 9.17) is 0 Å². The fourth-order valence-electron chi connectivity index (χ4n) is 3.52. The molecular formula is C17H26N4O2. The highest BCUT2D eigenvalue weighted by Gasteiger charge is 2.31. The minimum atomic E-state index is -0.0866. The van der Waals surface area contributed by atoms with E-state index in [0.29, 0.717) is 18.8 Å². The van der Waals surface area contributed by atoms with Gasteiger partial charge in [0.15, 0.2) is 0 Å². The highest BCUT2D eigenvalue weighted by atomic mass is 16.2. The lowest BCUT2D eigenvalue weighted by Gasteiger charge is -2.27. The van der Waals surface area contributed by atoms with Crippen LogP contribution in [0.25, 0.3) is 0 Å². The molecule has 1 aromatic rings. The number of nitrogens with one attached hydrogen (secondary N) is 1. The van der Waals surface area contributed by atoms with Crippen molar-refractivity contribution in [3.63, 3.8) is 0 Å². The van der Waals surface area contributed by atoms with Gasteiger partial charge in [-0.1, -0.05) is 13.3 Å². The average molecular weight is 318 g/mol. The molecule has 1 aromatic heterocycles. The van der Waals surface area contributed by atoms with Crippen LogP contribution in [0.15, 0.2) is 6.33 Å². The van der Waals surface area contributed by atoms with Crippen molar-refractivity contribution in [1.29, 1.82) is 0 Å². The van der Waals surface area contributed by atoms with Crippen molar-refractivity contribution >= 4 is 11.8 Å². The molecule has 0 saturated carbocycles. The molecule has 1 N–H and O–H groups in total. The van der Waals surface area contributed by atoms with Gasteiger partial charge in [-0.25, -0.2) is 4.98 Å². The van der Waals surface area contributed by atoms with Crippen LogP contribution in [0.4, 0.5) is 0 Å². The smallest absolute Gasteiger partial charge is 0.271 e. The molecule has 2 aliphatic heterocycles. The molecule has 1 atom stereocenters. The third kappa shape index (κ3) is 3.41. The lowest BCUT2D eigenvalue weighted by Crippen LogP contribution is -2.38. The molecule has 2 amide bonds. The summed E-state index contributed by atoms with van der Waals surface area (Å²) in [6.07, 6.45) is 7.56. The Labute approximate surface area is 137 Å². The summed E-state index contributed by atoms with van der Waals surface area (Å²) >= 11 is 0. The summed E-state index contributed by atoms with van der Waals surface area (Å²) in [4.78, 5) is 31.0. The normalized spacial score (nSPS) is 20.4. The Kier molecular flexibility index (Phi) is 4.98. The highest BCUT2D eigenvalue weighted by molar-refractivity contribution is 5.93. The maximum Gasteiger partial charge on any atom is 0.271 e.